The quantitative estimate of drug-likeness (QED) is 0.109. The Balaban J connectivity index is 1.10. The lowest BCUT2D eigenvalue weighted by atomic mass is 9.95. The third kappa shape index (κ3) is 12.4. The van der Waals surface area contributed by atoms with Gasteiger partial charge in [0.25, 0.3) is 0 Å². The van der Waals surface area contributed by atoms with E-state index < -0.39 is 0 Å². The molecule has 0 atom stereocenters. The maximum Gasteiger partial charge on any atom is 0.319 e. The molecule has 2 fully saturated rings. The van der Waals surface area contributed by atoms with Gasteiger partial charge in [-0.2, -0.15) is 9.97 Å². The molecule has 0 aromatic carbocycles. The van der Waals surface area contributed by atoms with Crippen LogP contribution in [0.15, 0.2) is 12.3 Å². The van der Waals surface area contributed by atoms with Gasteiger partial charge in [-0.3, -0.25) is 14.3 Å². The van der Waals surface area contributed by atoms with Crippen molar-refractivity contribution in [2.75, 3.05) is 81.5 Å². The summed E-state index contributed by atoms with van der Waals surface area (Å²) in [4.78, 5) is 36.9. The molecule has 1 amide bonds. The van der Waals surface area contributed by atoms with Crippen molar-refractivity contribution in [3.05, 3.63) is 18.0 Å². The van der Waals surface area contributed by atoms with Gasteiger partial charge in [0.15, 0.2) is 0 Å². The van der Waals surface area contributed by atoms with Gasteiger partial charge >= 0.3 is 5.97 Å². The van der Waals surface area contributed by atoms with E-state index >= 15 is 0 Å². The summed E-state index contributed by atoms with van der Waals surface area (Å²) in [6.45, 7) is 9.39. The minimum Gasteiger partial charge on any atom is -0.465 e. The molecule has 1 aliphatic carbocycles. The monoisotopic (exact) mass is 628 g/mol. The number of nitrogens with zero attached hydrogens (tertiary/aromatic N) is 7. The average Bonchev–Trinajstić information content (AvgIpc) is 3.51. The first-order chi connectivity index (χ1) is 22.0. The molecule has 0 spiro atoms. The number of nitrogens with two attached hydrogens (primary N) is 1. The van der Waals surface area contributed by atoms with Crippen molar-refractivity contribution in [3.8, 4) is 0 Å². The highest BCUT2D eigenvalue weighted by Gasteiger charge is 2.22. The molecule has 2 aromatic rings. The molecule has 2 aromatic heterocycles. The molecule has 15 nitrogen and oxygen atoms in total. The lowest BCUT2D eigenvalue weighted by molar-refractivity contribution is -0.142. The summed E-state index contributed by atoms with van der Waals surface area (Å²) in [5, 5.41) is 21.9. The van der Waals surface area contributed by atoms with E-state index in [2.05, 4.69) is 46.4 Å². The Labute approximate surface area is 266 Å². The summed E-state index contributed by atoms with van der Waals surface area (Å²) >= 11 is 0. The molecule has 0 bridgehead atoms. The van der Waals surface area contributed by atoms with Crippen molar-refractivity contribution in [3.63, 3.8) is 0 Å². The van der Waals surface area contributed by atoms with E-state index in [1.807, 2.05) is 15.8 Å². The molecule has 45 heavy (non-hydrogen) atoms. The van der Waals surface area contributed by atoms with Crippen LogP contribution in [0.3, 0.4) is 0 Å². The van der Waals surface area contributed by atoms with Gasteiger partial charge in [0, 0.05) is 57.8 Å². The number of anilines is 3. The Hall–Kier alpha value is -3.56. The molecule has 0 unspecified atom stereocenters. The number of esters is 1. The van der Waals surface area contributed by atoms with Gasteiger partial charge in [0.05, 0.1) is 25.9 Å². The van der Waals surface area contributed by atoms with Crippen LogP contribution in [-0.2, 0) is 27.4 Å². The Morgan fingerprint density at radius 3 is 2.60 bits per heavy atom. The Morgan fingerprint density at radius 1 is 1.00 bits per heavy atom. The van der Waals surface area contributed by atoms with Gasteiger partial charge in [-0.1, -0.05) is 24.5 Å². The first-order valence-electron chi connectivity index (χ1n) is 16.6. The molecule has 6 N–H and O–H groups in total. The van der Waals surface area contributed by atoms with Gasteiger partial charge in [-0.05, 0) is 52.2 Å². The molecular formula is C30H52N12O3. The fourth-order valence-corrected chi connectivity index (χ4v) is 5.65. The van der Waals surface area contributed by atoms with Crippen LogP contribution >= 0.6 is 0 Å². The van der Waals surface area contributed by atoms with Crippen molar-refractivity contribution in [1.29, 1.82) is 0 Å². The number of rotatable bonds is 19. The molecule has 2 aliphatic rings. The van der Waals surface area contributed by atoms with Crippen LogP contribution < -0.4 is 31.9 Å². The zero-order valence-corrected chi connectivity index (χ0v) is 26.8. The summed E-state index contributed by atoms with van der Waals surface area (Å²) in [7, 11) is 0. The van der Waals surface area contributed by atoms with E-state index in [-0.39, 0.29) is 18.4 Å². The minimum atomic E-state index is -0.315. The van der Waals surface area contributed by atoms with Crippen molar-refractivity contribution in [1.82, 2.24) is 45.8 Å². The lowest BCUT2D eigenvalue weighted by Gasteiger charge is -2.35. The Morgan fingerprint density at radius 2 is 1.80 bits per heavy atom. The molecule has 1 aliphatic heterocycles. The second-order valence-electron chi connectivity index (χ2n) is 11.6. The number of nitrogens with one attached hydrogen (secondary N) is 4. The molecule has 1 saturated heterocycles. The average molecular weight is 629 g/mol. The fourth-order valence-electron chi connectivity index (χ4n) is 5.65. The number of carbonyl (C=O) groups is 2. The maximum absolute atomic E-state index is 12.6. The topological polar surface area (TPSA) is 180 Å². The van der Waals surface area contributed by atoms with Crippen LogP contribution in [0.4, 0.5) is 17.6 Å². The normalized spacial score (nSPS) is 15.8. The third-order valence-corrected chi connectivity index (χ3v) is 8.10. The number of ether oxygens (including phenoxy) is 1. The highest BCUT2D eigenvalue weighted by molar-refractivity contribution is 5.77. The van der Waals surface area contributed by atoms with E-state index in [1.54, 1.807) is 13.0 Å². The van der Waals surface area contributed by atoms with Crippen LogP contribution in [0.2, 0.25) is 0 Å². The third-order valence-electron chi connectivity index (χ3n) is 8.10. The van der Waals surface area contributed by atoms with Gasteiger partial charge < -0.3 is 41.5 Å². The van der Waals surface area contributed by atoms with E-state index in [0.717, 1.165) is 50.8 Å². The highest BCUT2D eigenvalue weighted by atomic mass is 16.5. The van der Waals surface area contributed by atoms with Crippen molar-refractivity contribution in [2.45, 2.75) is 77.4 Å². The van der Waals surface area contributed by atoms with Crippen LogP contribution in [0.5, 0.6) is 0 Å². The summed E-state index contributed by atoms with van der Waals surface area (Å²) in [5.41, 5.74) is 6.90. The van der Waals surface area contributed by atoms with E-state index in [1.165, 1.54) is 32.1 Å². The first kappa shape index (κ1) is 34.3. The summed E-state index contributed by atoms with van der Waals surface area (Å²) < 4.78 is 6.75. The number of hydrogen-bond donors (Lipinski definition) is 5. The molecule has 3 heterocycles. The van der Waals surface area contributed by atoms with Crippen LogP contribution in [0.1, 0.15) is 64.0 Å². The maximum atomic E-state index is 12.6. The Kier molecular flexibility index (Phi) is 14.5. The fraction of sp³-hybridized carbons (Fsp3) is 0.733. The predicted octanol–water partition coefficient (Wildman–Crippen LogP) is 0.746. The van der Waals surface area contributed by atoms with E-state index in [9.17, 15) is 9.59 Å². The Bertz CT molecular complexity index is 1160. The van der Waals surface area contributed by atoms with Gasteiger partial charge in [0.2, 0.25) is 11.9 Å². The number of aryl methyl sites for hydroxylation is 1. The number of carbonyl (C=O) groups excluding carboxylic acids is 2. The summed E-state index contributed by atoms with van der Waals surface area (Å²) in [6.07, 6.45) is 11.2. The second-order valence-corrected chi connectivity index (χ2v) is 11.6. The number of nitrogen functional groups attached to an aromatic ring is 1. The molecule has 1 saturated carbocycles. The minimum absolute atomic E-state index is 0.0532. The summed E-state index contributed by atoms with van der Waals surface area (Å²) in [5.74, 6) is 1.25. The van der Waals surface area contributed by atoms with Gasteiger partial charge in [0.1, 0.15) is 17.3 Å². The van der Waals surface area contributed by atoms with Crippen LogP contribution in [-0.4, -0.2) is 113 Å². The predicted molar refractivity (Wildman–Crippen MR) is 174 cm³/mol. The summed E-state index contributed by atoms with van der Waals surface area (Å²) in [6, 6.07) is 2.48. The van der Waals surface area contributed by atoms with Crippen LogP contribution in [0.25, 0.3) is 0 Å². The number of amides is 1. The highest BCUT2D eigenvalue weighted by Crippen LogP contribution is 2.19. The molecule has 250 valence electrons. The van der Waals surface area contributed by atoms with E-state index in [0.29, 0.717) is 69.9 Å². The van der Waals surface area contributed by atoms with Crippen molar-refractivity contribution < 1.29 is 14.3 Å². The smallest absolute Gasteiger partial charge is 0.319 e. The molecular weight excluding hydrogens is 576 g/mol. The van der Waals surface area contributed by atoms with Crippen LogP contribution in [0, 0.1) is 0 Å². The van der Waals surface area contributed by atoms with Gasteiger partial charge in [-0.15, -0.1) is 5.10 Å². The number of hydrogen-bond acceptors (Lipinski definition) is 13. The largest absolute Gasteiger partial charge is 0.465 e. The number of piperazine rings is 1. The molecule has 15 heteroatoms. The lowest BCUT2D eigenvalue weighted by Crippen LogP contribution is -2.49. The van der Waals surface area contributed by atoms with Crippen molar-refractivity contribution >= 4 is 29.5 Å². The van der Waals surface area contributed by atoms with E-state index in [4.69, 9.17) is 10.5 Å². The number of aromatic nitrogens is 5. The van der Waals surface area contributed by atoms with Gasteiger partial charge in [-0.25, -0.2) is 0 Å². The SMILES string of the molecule is CCOC(=O)CNCCC(=O)N1CCN(c2cc(N)nc(NCc3cn(CCCNCCCNC4CCCCC4)nn3)n2)CC1. The molecule has 4 rings (SSSR count). The zero-order chi connectivity index (χ0) is 31.7. The zero-order valence-electron chi connectivity index (χ0n) is 26.8. The standard InChI is InChI=1S/C30H52N12O3/c1-2-45-29(44)22-33-14-10-28(43)41-18-16-40(17-19-41)27-20-26(31)36-30(37-27)35-21-25-23-42(39-38-25)15-7-12-32-11-6-13-34-24-8-4-3-5-9-24/h20,23-24,32-34H,2-19,21-22H2,1H3,(H3,31,35,36,37). The first-order valence-corrected chi connectivity index (χ1v) is 16.6. The van der Waals surface area contributed by atoms with Crippen molar-refractivity contribution in [2.24, 2.45) is 0 Å². The molecule has 0 radical (unpaired) electrons. The second kappa shape index (κ2) is 19.1.